The summed E-state index contributed by atoms with van der Waals surface area (Å²) in [5.41, 5.74) is 2.04. The van der Waals surface area contributed by atoms with E-state index in [9.17, 15) is 19.1 Å². The van der Waals surface area contributed by atoms with Gasteiger partial charge in [-0.25, -0.2) is 9.18 Å². The number of aliphatic hydroxyl groups excluding tert-OH is 1. The molecule has 3 aromatic carbocycles. The first-order valence-electron chi connectivity index (χ1n) is 9.47. The molecule has 156 valence electrons. The Bertz CT molecular complexity index is 1400. The van der Waals surface area contributed by atoms with Gasteiger partial charge in [-0.1, -0.05) is 22.0 Å². The Balaban J connectivity index is 1.73. The lowest BCUT2D eigenvalue weighted by Gasteiger charge is -2.34. The third-order valence-corrected chi connectivity index (χ3v) is 5.83. The fraction of sp³-hybridized carbons (Fsp3) is 0.130. The van der Waals surface area contributed by atoms with Gasteiger partial charge in [0, 0.05) is 15.2 Å². The van der Waals surface area contributed by atoms with Crippen LogP contribution < -0.4 is 4.90 Å². The Hall–Kier alpha value is -3.23. The monoisotopic (exact) mass is 483 g/mol. The second-order valence-corrected chi connectivity index (χ2v) is 8.18. The number of fused-ring (bicyclic) bond motifs is 4. The number of esters is 1. The number of carbonyl (C=O) groups excluding carboxylic acids is 2. The van der Waals surface area contributed by atoms with Crippen LogP contribution in [0.25, 0.3) is 21.9 Å². The van der Waals surface area contributed by atoms with Gasteiger partial charge in [0.2, 0.25) is 0 Å². The number of nitrogens with zero attached hydrogens (tertiary/aromatic N) is 1. The van der Waals surface area contributed by atoms with Crippen molar-refractivity contribution in [3.05, 3.63) is 75.5 Å². The van der Waals surface area contributed by atoms with Crippen molar-refractivity contribution in [1.82, 2.24) is 0 Å². The highest BCUT2D eigenvalue weighted by molar-refractivity contribution is 9.10. The lowest BCUT2D eigenvalue weighted by atomic mass is 10.0. The minimum Gasteiger partial charge on any atom is -0.456 e. The molecule has 1 N–H and O–H groups in total. The van der Waals surface area contributed by atoms with E-state index in [2.05, 4.69) is 15.9 Å². The summed E-state index contributed by atoms with van der Waals surface area (Å²) in [6.45, 7) is 1.42. The van der Waals surface area contributed by atoms with Gasteiger partial charge in [0.15, 0.2) is 6.23 Å². The van der Waals surface area contributed by atoms with Crippen molar-refractivity contribution in [2.24, 2.45) is 0 Å². The lowest BCUT2D eigenvalue weighted by molar-refractivity contribution is 0.0296. The van der Waals surface area contributed by atoms with Crippen molar-refractivity contribution < 1.29 is 28.2 Å². The summed E-state index contributed by atoms with van der Waals surface area (Å²) >= 11 is 3.18. The summed E-state index contributed by atoms with van der Waals surface area (Å²) < 4.78 is 26.2. The molecule has 0 saturated carbocycles. The summed E-state index contributed by atoms with van der Waals surface area (Å²) in [4.78, 5) is 27.1. The Morgan fingerprint density at radius 3 is 2.65 bits per heavy atom. The predicted molar refractivity (Wildman–Crippen MR) is 115 cm³/mol. The maximum atomic E-state index is 14.5. The molecule has 0 fully saturated rings. The number of anilines is 1. The molecule has 1 atom stereocenters. The first-order chi connectivity index (χ1) is 14.9. The zero-order valence-corrected chi connectivity index (χ0v) is 17.8. The molecular formula is C23H15BrFNO5. The number of aliphatic hydroxyl groups is 1. The second kappa shape index (κ2) is 7.18. The van der Waals surface area contributed by atoms with E-state index < -0.39 is 23.9 Å². The van der Waals surface area contributed by atoms with E-state index in [4.69, 9.17) is 9.15 Å². The maximum absolute atomic E-state index is 14.5. The van der Waals surface area contributed by atoms with Crippen LogP contribution in [0.2, 0.25) is 0 Å². The third-order valence-electron chi connectivity index (χ3n) is 5.34. The number of amides is 1. The Morgan fingerprint density at radius 2 is 1.90 bits per heavy atom. The lowest BCUT2D eigenvalue weighted by Crippen LogP contribution is -2.45. The minimum atomic E-state index is -0.931. The van der Waals surface area contributed by atoms with Gasteiger partial charge < -0.3 is 14.3 Å². The van der Waals surface area contributed by atoms with Gasteiger partial charge in [0.05, 0.1) is 23.4 Å². The van der Waals surface area contributed by atoms with Gasteiger partial charge in [-0.2, -0.15) is 0 Å². The third kappa shape index (κ3) is 3.10. The van der Waals surface area contributed by atoms with E-state index in [1.54, 1.807) is 37.3 Å². The molecule has 2 heterocycles. The molecule has 0 radical (unpaired) electrons. The van der Waals surface area contributed by atoms with Crippen LogP contribution in [0.15, 0.2) is 57.4 Å². The van der Waals surface area contributed by atoms with Crippen LogP contribution in [0.5, 0.6) is 0 Å². The number of halogens is 2. The number of rotatable bonds is 2. The van der Waals surface area contributed by atoms with Gasteiger partial charge in [0.25, 0.3) is 5.91 Å². The van der Waals surface area contributed by atoms with Crippen LogP contribution in [0.1, 0.15) is 33.2 Å². The minimum absolute atomic E-state index is 0.135. The normalized spacial score (nSPS) is 15.9. The number of hydrogen-bond acceptors (Lipinski definition) is 5. The molecule has 4 aromatic rings. The van der Waals surface area contributed by atoms with Gasteiger partial charge in [-0.05, 0) is 55.0 Å². The van der Waals surface area contributed by atoms with Gasteiger partial charge in [-0.15, -0.1) is 0 Å². The molecule has 0 aliphatic carbocycles. The van der Waals surface area contributed by atoms with Crippen molar-refractivity contribution in [2.45, 2.75) is 19.8 Å². The first-order valence-corrected chi connectivity index (χ1v) is 10.3. The van der Waals surface area contributed by atoms with Crippen molar-refractivity contribution in [2.75, 3.05) is 4.90 Å². The SMILES string of the molecule is CC1OC(=O)c2cc3oc4ccc(CO)cc4c3cc2N1C(=O)c1ccc(Br)cc1F. The molecule has 6 nitrogen and oxygen atoms in total. The Morgan fingerprint density at radius 1 is 1.13 bits per heavy atom. The summed E-state index contributed by atoms with van der Waals surface area (Å²) in [6, 6.07) is 12.6. The highest BCUT2D eigenvalue weighted by atomic mass is 79.9. The summed E-state index contributed by atoms with van der Waals surface area (Å²) in [5, 5.41) is 10.9. The van der Waals surface area contributed by atoms with Crippen molar-refractivity contribution in [3.63, 3.8) is 0 Å². The van der Waals surface area contributed by atoms with E-state index in [1.807, 2.05) is 0 Å². The molecule has 1 unspecified atom stereocenters. The zero-order chi connectivity index (χ0) is 21.9. The number of hydrogen-bond donors (Lipinski definition) is 1. The fourth-order valence-electron chi connectivity index (χ4n) is 3.85. The van der Waals surface area contributed by atoms with Crippen LogP contribution >= 0.6 is 15.9 Å². The molecule has 5 rings (SSSR count). The highest BCUT2D eigenvalue weighted by Crippen LogP contribution is 2.38. The molecule has 1 aliphatic rings. The van der Waals surface area contributed by atoms with Crippen molar-refractivity contribution in [3.8, 4) is 0 Å². The first kappa shape index (κ1) is 19.7. The standard InChI is InChI=1S/C23H15BrFNO5/c1-11-26(22(28)14-4-3-13(24)7-18(14)25)19-8-16-15-6-12(10-27)2-5-20(15)31-21(16)9-17(19)23(29)30-11/h2-9,11,27H,10H2,1H3. The van der Waals surface area contributed by atoms with E-state index in [0.717, 1.165) is 5.39 Å². The predicted octanol–water partition coefficient (Wildman–Crippen LogP) is 5.14. The number of benzene rings is 3. The molecule has 0 bridgehead atoms. The van der Waals surface area contributed by atoms with E-state index in [-0.39, 0.29) is 17.7 Å². The number of ether oxygens (including phenoxy) is 1. The van der Waals surface area contributed by atoms with Crippen LogP contribution in [-0.4, -0.2) is 23.2 Å². The summed E-state index contributed by atoms with van der Waals surface area (Å²) in [6.07, 6.45) is -0.931. The van der Waals surface area contributed by atoms with E-state index in [1.165, 1.54) is 23.1 Å². The zero-order valence-electron chi connectivity index (χ0n) is 16.2. The van der Waals surface area contributed by atoms with Crippen LogP contribution in [0.4, 0.5) is 10.1 Å². The number of furan rings is 1. The highest BCUT2D eigenvalue weighted by Gasteiger charge is 2.36. The second-order valence-electron chi connectivity index (χ2n) is 7.26. The number of carbonyl (C=O) groups is 2. The molecule has 0 spiro atoms. The average Bonchev–Trinajstić information content (AvgIpc) is 3.09. The molecule has 1 aliphatic heterocycles. The summed E-state index contributed by atoms with van der Waals surface area (Å²) in [5.74, 6) is -1.91. The maximum Gasteiger partial charge on any atom is 0.342 e. The van der Waals surface area contributed by atoms with E-state index >= 15 is 0 Å². The van der Waals surface area contributed by atoms with Crippen molar-refractivity contribution in [1.29, 1.82) is 0 Å². The summed E-state index contributed by atoms with van der Waals surface area (Å²) in [7, 11) is 0. The number of cyclic esters (lactones) is 1. The van der Waals surface area contributed by atoms with Gasteiger partial charge in [-0.3, -0.25) is 9.69 Å². The Labute approximate surface area is 183 Å². The molecule has 31 heavy (non-hydrogen) atoms. The topological polar surface area (TPSA) is 80.0 Å². The van der Waals surface area contributed by atoms with Gasteiger partial charge in [0.1, 0.15) is 17.0 Å². The molecule has 1 amide bonds. The average molecular weight is 484 g/mol. The fourth-order valence-corrected chi connectivity index (χ4v) is 4.19. The van der Waals surface area contributed by atoms with Crippen LogP contribution in [0.3, 0.4) is 0 Å². The van der Waals surface area contributed by atoms with E-state index in [0.29, 0.717) is 32.3 Å². The smallest absolute Gasteiger partial charge is 0.342 e. The molecule has 0 saturated heterocycles. The quantitative estimate of drug-likeness (QED) is 0.399. The largest absolute Gasteiger partial charge is 0.456 e. The molecular weight excluding hydrogens is 469 g/mol. The molecule has 8 heteroatoms. The van der Waals surface area contributed by atoms with Crippen LogP contribution in [-0.2, 0) is 11.3 Å². The molecule has 1 aromatic heterocycles. The Kier molecular flexibility index (Phi) is 4.56. The van der Waals surface area contributed by atoms with Crippen LogP contribution in [0, 0.1) is 5.82 Å². The van der Waals surface area contributed by atoms with Crippen molar-refractivity contribution >= 4 is 55.4 Å². The van der Waals surface area contributed by atoms with Gasteiger partial charge >= 0.3 is 5.97 Å².